The second-order valence-electron chi connectivity index (χ2n) is 10.8. The largest absolute Gasteiger partial charge is 0.480 e. The number of hydrogen-bond acceptors (Lipinski definition) is 15. The van der Waals surface area contributed by atoms with Crippen molar-refractivity contribution in [2.75, 3.05) is 11.5 Å². The molecule has 4 aromatic rings. The molecule has 0 aliphatic rings. The lowest BCUT2D eigenvalue weighted by Crippen LogP contribution is -2.60. The molecule has 0 unspecified atom stereocenters. The number of nitrogens with one attached hydrogen (secondary N) is 3. The summed E-state index contributed by atoms with van der Waals surface area (Å²) in [6, 6.07) is -5.79. The second kappa shape index (κ2) is 14.7. The first-order chi connectivity index (χ1) is 22.3. The Kier molecular flexibility index (Phi) is 10.7. The Morgan fingerprint density at radius 2 is 1.21 bits per heavy atom. The molecule has 0 aliphatic heterocycles. The van der Waals surface area contributed by atoms with E-state index in [0.717, 1.165) is 0 Å². The maximum atomic E-state index is 13.4. The maximum Gasteiger partial charge on any atom is 0.328 e. The molecule has 47 heavy (non-hydrogen) atoms. The van der Waals surface area contributed by atoms with E-state index < -0.39 is 60.1 Å². The highest BCUT2D eigenvalue weighted by molar-refractivity contribution is 5.94. The van der Waals surface area contributed by atoms with Gasteiger partial charge in [0.05, 0.1) is 30.9 Å². The van der Waals surface area contributed by atoms with Crippen LogP contribution in [-0.4, -0.2) is 114 Å². The summed E-state index contributed by atoms with van der Waals surface area (Å²) >= 11 is 0. The van der Waals surface area contributed by atoms with Gasteiger partial charge in [-0.15, -0.1) is 0 Å². The van der Waals surface area contributed by atoms with Crippen LogP contribution >= 0.6 is 0 Å². The molecule has 252 valence electrons. The maximum absolute atomic E-state index is 13.4. The molecule has 12 N–H and O–H groups in total. The number of aromatic nitrogens is 8. The van der Waals surface area contributed by atoms with E-state index in [1.165, 1.54) is 39.2 Å². The van der Waals surface area contributed by atoms with E-state index in [9.17, 15) is 34.5 Å². The summed E-state index contributed by atoms with van der Waals surface area (Å²) in [6.45, 7) is 2.67. The van der Waals surface area contributed by atoms with Crippen molar-refractivity contribution in [3.8, 4) is 0 Å². The molecule has 6 atom stereocenters. The third-order valence-electron chi connectivity index (χ3n) is 7.28. The Morgan fingerprint density at radius 1 is 0.723 bits per heavy atom. The molecular weight excluding hydrogens is 620 g/mol. The second-order valence-corrected chi connectivity index (χ2v) is 10.8. The van der Waals surface area contributed by atoms with Crippen LogP contribution in [0.25, 0.3) is 22.3 Å². The highest BCUT2D eigenvalue weighted by Gasteiger charge is 2.33. The summed E-state index contributed by atoms with van der Waals surface area (Å²) in [5.41, 5.74) is 19.2. The first-order valence-electron chi connectivity index (χ1n) is 14.4. The van der Waals surface area contributed by atoms with E-state index in [-0.39, 0.29) is 37.6 Å². The van der Waals surface area contributed by atoms with Gasteiger partial charge in [0.15, 0.2) is 29.0 Å². The number of amides is 3. The third kappa shape index (κ3) is 8.01. The van der Waals surface area contributed by atoms with Crippen molar-refractivity contribution >= 4 is 57.7 Å². The van der Waals surface area contributed by atoms with Crippen LogP contribution in [0.5, 0.6) is 0 Å². The number of aliphatic hydroxyl groups excluding tert-OH is 2. The Hall–Kier alpha value is -5.54. The molecule has 4 heterocycles. The third-order valence-corrected chi connectivity index (χ3v) is 7.28. The van der Waals surface area contributed by atoms with Crippen LogP contribution < -0.4 is 33.2 Å². The molecule has 0 saturated carbocycles. The molecule has 21 nitrogen and oxygen atoms in total. The quantitative estimate of drug-likeness (QED) is 0.0593. The van der Waals surface area contributed by atoms with Crippen molar-refractivity contribution in [1.82, 2.24) is 55.0 Å². The number of rotatable bonds is 15. The van der Waals surface area contributed by atoms with Gasteiger partial charge in [0, 0.05) is 13.1 Å². The molecule has 0 spiro atoms. The lowest BCUT2D eigenvalue weighted by atomic mass is 10.1. The van der Waals surface area contributed by atoms with Gasteiger partial charge in [0.1, 0.15) is 35.8 Å². The van der Waals surface area contributed by atoms with Crippen molar-refractivity contribution in [3.63, 3.8) is 0 Å². The van der Waals surface area contributed by atoms with Gasteiger partial charge in [-0.1, -0.05) is 0 Å². The number of imidazole rings is 2. The van der Waals surface area contributed by atoms with E-state index in [0.29, 0.717) is 22.3 Å². The van der Waals surface area contributed by atoms with Crippen LogP contribution in [0.3, 0.4) is 0 Å². The lowest BCUT2D eigenvalue weighted by molar-refractivity contribution is -0.145. The summed E-state index contributed by atoms with van der Waals surface area (Å²) in [5, 5.41) is 36.8. The number of fused-ring (bicyclic) bond motifs is 2. The number of carboxylic acid groups (broad SMARTS) is 1. The first kappa shape index (κ1) is 34.3. The molecule has 0 fully saturated rings. The highest BCUT2D eigenvalue weighted by atomic mass is 16.4. The predicted octanol–water partition coefficient (Wildman–Crippen LogP) is -3.76. The molecule has 3 amide bonds. The number of hydrogen-bond donors (Lipinski definition) is 9. The molecule has 21 heteroatoms. The fraction of sp³-hybridized carbons (Fsp3) is 0.462. The van der Waals surface area contributed by atoms with Crippen molar-refractivity contribution in [1.29, 1.82) is 0 Å². The van der Waals surface area contributed by atoms with Gasteiger partial charge in [-0.2, -0.15) is 0 Å². The Labute approximate surface area is 266 Å². The van der Waals surface area contributed by atoms with Crippen LogP contribution in [0.2, 0.25) is 0 Å². The molecule has 0 aromatic carbocycles. The SMILES string of the molecule is C[C@@H](O)[C@H](NC(=O)[C@H](CCn1cnc2c(N)ncnc21)NC(=O)[C@@H](NC(=O)[C@@H](N)CCn1cnc2c(N)ncnc21)[C@@H](C)O)C(=O)O. The minimum absolute atomic E-state index is 0.0355. The zero-order chi connectivity index (χ0) is 34.4. The zero-order valence-electron chi connectivity index (χ0n) is 25.4. The molecule has 4 rings (SSSR count). The minimum Gasteiger partial charge on any atom is -0.480 e. The number of aliphatic hydroxyl groups is 2. The van der Waals surface area contributed by atoms with E-state index >= 15 is 0 Å². The van der Waals surface area contributed by atoms with Gasteiger partial charge in [-0.3, -0.25) is 14.4 Å². The molecule has 4 aromatic heterocycles. The topological polar surface area (TPSA) is 330 Å². The fourth-order valence-electron chi connectivity index (χ4n) is 4.64. The van der Waals surface area contributed by atoms with Gasteiger partial charge in [0.2, 0.25) is 17.7 Å². The van der Waals surface area contributed by atoms with Gasteiger partial charge in [-0.25, -0.2) is 34.7 Å². The number of nitrogens with two attached hydrogens (primary N) is 3. The Bertz CT molecular complexity index is 1760. The number of nitrogens with zero attached hydrogens (tertiary/aromatic N) is 8. The predicted molar refractivity (Wildman–Crippen MR) is 163 cm³/mol. The smallest absolute Gasteiger partial charge is 0.328 e. The number of aryl methyl sites for hydroxylation is 2. The molecule has 0 radical (unpaired) electrons. The number of anilines is 2. The van der Waals surface area contributed by atoms with Gasteiger partial charge < -0.3 is 57.6 Å². The summed E-state index contributed by atoms with van der Waals surface area (Å²) in [6.07, 6.45) is 2.42. The van der Waals surface area contributed by atoms with Crippen LogP contribution in [0.1, 0.15) is 26.7 Å². The van der Waals surface area contributed by atoms with E-state index in [4.69, 9.17) is 17.2 Å². The van der Waals surface area contributed by atoms with E-state index in [1.807, 2.05) is 0 Å². The fourth-order valence-corrected chi connectivity index (χ4v) is 4.64. The Balaban J connectivity index is 1.46. The summed E-state index contributed by atoms with van der Waals surface area (Å²) in [7, 11) is 0. The minimum atomic E-state index is -1.69. The zero-order valence-corrected chi connectivity index (χ0v) is 25.4. The van der Waals surface area contributed by atoms with Crippen LogP contribution in [-0.2, 0) is 32.3 Å². The number of carboxylic acids is 1. The summed E-state index contributed by atoms with van der Waals surface area (Å²) in [5.74, 6) is -3.87. The average molecular weight is 657 g/mol. The Morgan fingerprint density at radius 3 is 1.70 bits per heavy atom. The molecular formula is C26H36N14O7. The van der Waals surface area contributed by atoms with Crippen molar-refractivity contribution in [3.05, 3.63) is 25.3 Å². The monoisotopic (exact) mass is 656 g/mol. The van der Waals surface area contributed by atoms with Crippen molar-refractivity contribution in [2.24, 2.45) is 5.73 Å². The summed E-state index contributed by atoms with van der Waals surface area (Å²) < 4.78 is 3.17. The molecule has 0 bridgehead atoms. The van der Waals surface area contributed by atoms with Gasteiger partial charge in [-0.05, 0) is 26.7 Å². The van der Waals surface area contributed by atoms with Gasteiger partial charge in [0.25, 0.3) is 0 Å². The average Bonchev–Trinajstić information content (AvgIpc) is 3.64. The number of nitrogen functional groups attached to an aromatic ring is 2. The van der Waals surface area contributed by atoms with E-state index in [1.54, 1.807) is 9.13 Å². The van der Waals surface area contributed by atoms with Crippen molar-refractivity contribution in [2.45, 2.75) is 76.2 Å². The van der Waals surface area contributed by atoms with E-state index in [2.05, 4.69) is 45.9 Å². The number of carbonyl (C=O) groups excluding carboxylic acids is 3. The van der Waals surface area contributed by atoms with Gasteiger partial charge >= 0.3 is 5.97 Å². The molecule has 0 saturated heterocycles. The number of aliphatic carboxylic acids is 1. The van der Waals surface area contributed by atoms with Crippen LogP contribution in [0.15, 0.2) is 25.3 Å². The normalized spacial score (nSPS) is 15.3. The van der Waals surface area contributed by atoms with Crippen LogP contribution in [0, 0.1) is 0 Å². The highest BCUT2D eigenvalue weighted by Crippen LogP contribution is 2.16. The van der Waals surface area contributed by atoms with Crippen LogP contribution in [0.4, 0.5) is 11.6 Å². The first-order valence-corrected chi connectivity index (χ1v) is 14.4. The van der Waals surface area contributed by atoms with Crippen molar-refractivity contribution < 1.29 is 34.5 Å². The lowest BCUT2D eigenvalue weighted by Gasteiger charge is -2.27. The summed E-state index contributed by atoms with van der Waals surface area (Å²) in [4.78, 5) is 75.6. The number of carbonyl (C=O) groups is 4. The standard InChI is InChI=1S/C26H36N14O7/c1-11(41)15(37-23(43)13(27)3-5-39-9-34-17-19(28)30-7-32-21(17)39)25(45)36-14(24(44)38-16(12(2)42)26(46)47)4-6-40-10-35-18-20(29)31-8-33-22(18)40/h7-16,41-42H,3-6,27H2,1-2H3,(H,36,45)(H,37,43)(H,38,44)(H,46,47)(H2,28,30,32)(H2,29,31,33)/t11-,12-,13+,14+,15+,16+/m1/s1. The molecule has 0 aliphatic carbocycles.